The van der Waals surface area contributed by atoms with E-state index in [1.807, 2.05) is 6.92 Å². The summed E-state index contributed by atoms with van der Waals surface area (Å²) < 4.78 is 51.1. The van der Waals surface area contributed by atoms with Crippen molar-refractivity contribution >= 4 is 10.0 Å². The highest BCUT2D eigenvalue weighted by Crippen LogP contribution is 2.31. The molecule has 0 saturated carbocycles. The van der Waals surface area contributed by atoms with E-state index in [2.05, 4.69) is 10.1 Å². The summed E-state index contributed by atoms with van der Waals surface area (Å²) in [5.41, 5.74) is 0.644. The Morgan fingerprint density at radius 3 is 2.40 bits per heavy atom. The van der Waals surface area contributed by atoms with E-state index >= 15 is 0 Å². The summed E-state index contributed by atoms with van der Waals surface area (Å²) >= 11 is 0. The van der Waals surface area contributed by atoms with Gasteiger partial charge in [-0.25, -0.2) is 12.8 Å². The van der Waals surface area contributed by atoms with Crippen molar-refractivity contribution < 1.29 is 22.1 Å². The molecule has 1 aliphatic rings. The van der Waals surface area contributed by atoms with Crippen LogP contribution in [0.3, 0.4) is 0 Å². The monoisotopic (exact) mass is 431 g/mol. The van der Waals surface area contributed by atoms with Crippen LogP contribution in [0.5, 0.6) is 5.75 Å². The molecule has 158 valence electrons. The molecule has 9 heteroatoms. The lowest BCUT2D eigenvalue weighted by molar-refractivity contribution is 0.307. The Labute approximate surface area is 174 Å². The number of halogens is 1. The highest BCUT2D eigenvalue weighted by Gasteiger charge is 2.32. The minimum absolute atomic E-state index is 0.00901. The fourth-order valence-corrected chi connectivity index (χ4v) is 4.96. The lowest BCUT2D eigenvalue weighted by Gasteiger charge is -2.29. The smallest absolute Gasteiger partial charge is 0.257 e. The lowest BCUT2D eigenvalue weighted by Crippen LogP contribution is -2.38. The molecule has 0 spiro atoms. The second-order valence-electron chi connectivity index (χ2n) is 7.05. The van der Waals surface area contributed by atoms with Gasteiger partial charge in [0.25, 0.3) is 5.89 Å². The fraction of sp³-hybridized carbons (Fsp3) is 0.333. The van der Waals surface area contributed by atoms with Crippen LogP contribution in [0.2, 0.25) is 0 Å². The van der Waals surface area contributed by atoms with Crippen molar-refractivity contribution in [2.45, 2.75) is 30.6 Å². The molecule has 2 aromatic carbocycles. The molecule has 1 aromatic heterocycles. The topological polar surface area (TPSA) is 85.5 Å². The molecule has 1 fully saturated rings. The van der Waals surface area contributed by atoms with Crippen molar-refractivity contribution in [3.63, 3.8) is 0 Å². The fourth-order valence-electron chi connectivity index (χ4n) is 3.49. The minimum atomic E-state index is -3.56. The van der Waals surface area contributed by atoms with Gasteiger partial charge in [0.05, 0.1) is 11.5 Å². The van der Waals surface area contributed by atoms with E-state index in [0.717, 1.165) is 0 Å². The van der Waals surface area contributed by atoms with Gasteiger partial charge in [-0.2, -0.15) is 9.29 Å². The summed E-state index contributed by atoms with van der Waals surface area (Å²) in [7, 11) is -3.56. The summed E-state index contributed by atoms with van der Waals surface area (Å²) in [5, 5.41) is 4.05. The van der Waals surface area contributed by atoms with E-state index in [-0.39, 0.29) is 16.6 Å². The molecule has 0 bridgehead atoms. The summed E-state index contributed by atoms with van der Waals surface area (Å²) in [4.78, 5) is 4.68. The van der Waals surface area contributed by atoms with E-state index in [1.165, 1.54) is 16.4 Å². The summed E-state index contributed by atoms with van der Waals surface area (Å²) in [5.74, 6) is 1.19. The first-order valence-corrected chi connectivity index (χ1v) is 11.2. The molecule has 0 amide bonds. The molecule has 1 saturated heterocycles. The molecule has 0 radical (unpaired) electrons. The van der Waals surface area contributed by atoms with E-state index in [0.29, 0.717) is 55.6 Å². The maximum atomic E-state index is 13.1. The zero-order valence-corrected chi connectivity index (χ0v) is 17.3. The van der Waals surface area contributed by atoms with Crippen molar-refractivity contribution in [3.05, 3.63) is 60.2 Å². The number of nitrogens with zero attached hydrogens (tertiary/aromatic N) is 3. The average Bonchev–Trinajstić information content (AvgIpc) is 3.25. The number of rotatable bonds is 6. The molecule has 7 nitrogen and oxygen atoms in total. The van der Waals surface area contributed by atoms with Crippen LogP contribution in [0.15, 0.2) is 57.9 Å². The van der Waals surface area contributed by atoms with E-state index in [9.17, 15) is 12.8 Å². The third-order valence-electron chi connectivity index (χ3n) is 5.12. The van der Waals surface area contributed by atoms with E-state index < -0.39 is 10.0 Å². The van der Waals surface area contributed by atoms with Crippen LogP contribution in [-0.2, 0) is 10.0 Å². The first-order chi connectivity index (χ1) is 14.5. The van der Waals surface area contributed by atoms with Crippen LogP contribution in [0.25, 0.3) is 11.5 Å². The molecular weight excluding hydrogens is 409 g/mol. The zero-order valence-electron chi connectivity index (χ0n) is 16.5. The summed E-state index contributed by atoms with van der Waals surface area (Å²) in [6.45, 7) is 3.15. The second kappa shape index (κ2) is 8.53. The normalized spacial score (nSPS) is 15.9. The quantitative estimate of drug-likeness (QED) is 0.589. The van der Waals surface area contributed by atoms with Crippen LogP contribution < -0.4 is 4.74 Å². The number of sulfonamides is 1. The number of piperidine rings is 1. The predicted molar refractivity (Wildman–Crippen MR) is 108 cm³/mol. The summed E-state index contributed by atoms with van der Waals surface area (Å²) in [6.07, 6.45) is 1.19. The molecule has 4 rings (SSSR count). The zero-order chi connectivity index (χ0) is 21.1. The molecule has 0 aliphatic carbocycles. The lowest BCUT2D eigenvalue weighted by atomic mass is 9.97. The third-order valence-corrected chi connectivity index (χ3v) is 7.04. The van der Waals surface area contributed by atoms with Crippen molar-refractivity contribution in [2.75, 3.05) is 19.7 Å². The van der Waals surface area contributed by atoms with Gasteiger partial charge in [-0.05, 0) is 68.3 Å². The Bertz CT molecular complexity index is 1090. The van der Waals surface area contributed by atoms with Crippen molar-refractivity contribution in [1.82, 2.24) is 14.4 Å². The molecule has 30 heavy (non-hydrogen) atoms. The molecular formula is C21H22FN3O4S. The minimum Gasteiger partial charge on any atom is -0.494 e. The number of aromatic nitrogens is 2. The highest BCUT2D eigenvalue weighted by molar-refractivity contribution is 7.89. The van der Waals surface area contributed by atoms with Gasteiger partial charge in [0.1, 0.15) is 11.6 Å². The maximum absolute atomic E-state index is 13.1. The number of hydrogen-bond donors (Lipinski definition) is 0. The Kier molecular flexibility index (Phi) is 5.83. The Morgan fingerprint density at radius 2 is 1.77 bits per heavy atom. The molecule has 1 aliphatic heterocycles. The molecule has 0 N–H and O–H groups in total. The number of hydrogen-bond acceptors (Lipinski definition) is 6. The van der Waals surface area contributed by atoms with Crippen molar-refractivity contribution in [2.24, 2.45) is 0 Å². The number of ether oxygens (including phenoxy) is 1. The van der Waals surface area contributed by atoms with Crippen LogP contribution >= 0.6 is 0 Å². The summed E-state index contributed by atoms with van der Waals surface area (Å²) in [6, 6.07) is 12.3. The van der Waals surface area contributed by atoms with E-state index in [1.54, 1.807) is 36.4 Å². The van der Waals surface area contributed by atoms with Gasteiger partial charge in [0.2, 0.25) is 10.0 Å². The van der Waals surface area contributed by atoms with Gasteiger partial charge in [0.15, 0.2) is 5.82 Å². The Balaban J connectivity index is 1.41. The molecule has 0 unspecified atom stereocenters. The van der Waals surface area contributed by atoms with Crippen LogP contribution in [-0.4, -0.2) is 42.6 Å². The average molecular weight is 431 g/mol. The molecule has 3 aromatic rings. The van der Waals surface area contributed by atoms with Gasteiger partial charge in [-0.1, -0.05) is 5.16 Å². The van der Waals surface area contributed by atoms with Crippen LogP contribution in [0, 0.1) is 5.82 Å². The maximum Gasteiger partial charge on any atom is 0.257 e. The van der Waals surface area contributed by atoms with Gasteiger partial charge in [-0.3, -0.25) is 0 Å². The predicted octanol–water partition coefficient (Wildman–Crippen LogP) is 3.84. The van der Waals surface area contributed by atoms with Crippen molar-refractivity contribution in [3.8, 4) is 17.2 Å². The Hall–Kier alpha value is -2.78. The SMILES string of the molecule is CCOc1ccc(S(=O)(=O)N2CCC(c3noc(-c4ccc(F)cc4)n3)CC2)cc1. The van der Waals surface area contributed by atoms with Crippen molar-refractivity contribution in [1.29, 1.82) is 0 Å². The van der Waals surface area contributed by atoms with E-state index in [4.69, 9.17) is 9.26 Å². The third kappa shape index (κ3) is 4.22. The van der Waals surface area contributed by atoms with Gasteiger partial charge < -0.3 is 9.26 Å². The molecule has 2 heterocycles. The molecule has 0 atom stereocenters. The van der Waals surface area contributed by atoms with Gasteiger partial charge in [0, 0.05) is 24.6 Å². The van der Waals surface area contributed by atoms with Gasteiger partial charge in [-0.15, -0.1) is 0 Å². The second-order valence-corrected chi connectivity index (χ2v) is 8.99. The first kappa shape index (κ1) is 20.5. The standard InChI is InChI=1S/C21H22FN3O4S/c1-2-28-18-7-9-19(10-8-18)30(26,27)25-13-11-15(12-14-25)20-23-21(29-24-20)16-3-5-17(22)6-4-16/h3-10,15H,2,11-14H2,1H3. The first-order valence-electron chi connectivity index (χ1n) is 9.80. The van der Waals surface area contributed by atoms with Gasteiger partial charge >= 0.3 is 0 Å². The largest absolute Gasteiger partial charge is 0.494 e. The Morgan fingerprint density at radius 1 is 1.10 bits per heavy atom. The van der Waals surface area contributed by atoms with Crippen LogP contribution in [0.4, 0.5) is 4.39 Å². The number of benzene rings is 2. The van der Waals surface area contributed by atoms with Crippen LogP contribution in [0.1, 0.15) is 31.5 Å². The highest BCUT2D eigenvalue weighted by atomic mass is 32.2.